The fourth-order valence-corrected chi connectivity index (χ4v) is 1.53. The van der Waals surface area contributed by atoms with Crippen LogP contribution in [0.1, 0.15) is 42.1 Å². The van der Waals surface area contributed by atoms with Crippen molar-refractivity contribution in [3.63, 3.8) is 0 Å². The molecule has 1 aromatic carbocycles. The van der Waals surface area contributed by atoms with Crippen LogP contribution in [0.25, 0.3) is 0 Å². The van der Waals surface area contributed by atoms with Crippen molar-refractivity contribution in [2.75, 3.05) is 13.2 Å². The topological polar surface area (TPSA) is 35.5 Å². The second-order valence-corrected chi connectivity index (χ2v) is 4.10. The van der Waals surface area contributed by atoms with E-state index in [9.17, 15) is 4.79 Å². The number of hydrogen-bond acceptors (Lipinski definition) is 3. The third-order valence-electron chi connectivity index (χ3n) is 2.88. The molecule has 0 fully saturated rings. The molecule has 0 spiro atoms. The van der Waals surface area contributed by atoms with Crippen molar-refractivity contribution in [2.45, 2.75) is 26.2 Å². The van der Waals surface area contributed by atoms with Crippen LogP contribution in [0.2, 0.25) is 0 Å². The Labute approximate surface area is 108 Å². The highest BCUT2D eigenvalue weighted by Crippen LogP contribution is 2.18. The lowest BCUT2D eigenvalue weighted by Crippen LogP contribution is -2.09. The number of carbonyl (C=O) groups is 1. The van der Waals surface area contributed by atoms with Crippen molar-refractivity contribution in [2.24, 2.45) is 0 Å². The van der Waals surface area contributed by atoms with Crippen molar-refractivity contribution in [1.29, 1.82) is 0 Å². The molecule has 98 valence electrons. The Bertz CT molecular complexity index is 381. The Hall–Kier alpha value is -1.77. The van der Waals surface area contributed by atoms with E-state index in [1.54, 1.807) is 12.1 Å². The lowest BCUT2D eigenvalue weighted by Gasteiger charge is -2.09. The van der Waals surface area contributed by atoms with Crippen LogP contribution in [0, 0.1) is 0 Å². The Balaban J connectivity index is 2.51. The van der Waals surface area contributed by atoms with E-state index >= 15 is 0 Å². The number of benzene rings is 1. The average Bonchev–Trinajstić information content (AvgIpc) is 2.42. The second-order valence-electron chi connectivity index (χ2n) is 4.10. The molecule has 18 heavy (non-hydrogen) atoms. The molecule has 0 aliphatic carbocycles. The maximum Gasteiger partial charge on any atom is 0.338 e. The largest absolute Gasteiger partial charge is 0.498 e. The van der Waals surface area contributed by atoms with Crippen LogP contribution in [0.4, 0.5) is 0 Å². The zero-order valence-electron chi connectivity index (χ0n) is 11.0. The standard InChI is InChI=1S/C15H20O3/c1-4-12(3)13-6-8-14(9-7-13)15(16)18-11-10-17-5-2/h5-9,12H,2,4,10-11H2,1,3H3. The zero-order chi connectivity index (χ0) is 13.4. The van der Waals surface area contributed by atoms with Gasteiger partial charge in [0.05, 0.1) is 11.8 Å². The van der Waals surface area contributed by atoms with Crippen LogP contribution in [-0.4, -0.2) is 19.2 Å². The van der Waals surface area contributed by atoms with Gasteiger partial charge < -0.3 is 9.47 Å². The molecule has 0 aliphatic rings. The molecule has 3 nitrogen and oxygen atoms in total. The third kappa shape index (κ3) is 4.24. The van der Waals surface area contributed by atoms with Crippen LogP contribution in [0.5, 0.6) is 0 Å². The molecule has 0 aliphatic heterocycles. The summed E-state index contributed by atoms with van der Waals surface area (Å²) in [5, 5.41) is 0. The number of rotatable bonds is 7. The van der Waals surface area contributed by atoms with Gasteiger partial charge in [-0.15, -0.1) is 0 Å². The molecule has 0 N–H and O–H groups in total. The summed E-state index contributed by atoms with van der Waals surface area (Å²) in [6.45, 7) is 8.29. The highest BCUT2D eigenvalue weighted by molar-refractivity contribution is 5.89. The Kier molecular flexibility index (Phi) is 5.98. The lowest BCUT2D eigenvalue weighted by molar-refractivity contribution is 0.0421. The molecule has 1 aromatic rings. The second kappa shape index (κ2) is 7.54. The first-order chi connectivity index (χ1) is 8.69. The minimum atomic E-state index is -0.321. The van der Waals surface area contributed by atoms with E-state index in [1.165, 1.54) is 11.8 Å². The molecule has 0 heterocycles. The van der Waals surface area contributed by atoms with Gasteiger partial charge in [0.1, 0.15) is 13.2 Å². The van der Waals surface area contributed by atoms with Gasteiger partial charge in [-0.2, -0.15) is 0 Å². The van der Waals surface area contributed by atoms with E-state index in [1.807, 2.05) is 12.1 Å². The molecular formula is C15H20O3. The zero-order valence-corrected chi connectivity index (χ0v) is 11.0. The molecule has 3 heteroatoms. The number of ether oxygens (including phenoxy) is 2. The van der Waals surface area contributed by atoms with Gasteiger partial charge in [-0.25, -0.2) is 4.79 Å². The van der Waals surface area contributed by atoms with E-state index < -0.39 is 0 Å². The summed E-state index contributed by atoms with van der Waals surface area (Å²) in [5.74, 6) is 0.189. The molecule has 0 aromatic heterocycles. The van der Waals surface area contributed by atoms with Crippen LogP contribution in [-0.2, 0) is 9.47 Å². The highest BCUT2D eigenvalue weighted by Gasteiger charge is 2.08. The van der Waals surface area contributed by atoms with Crippen molar-refractivity contribution >= 4 is 5.97 Å². The van der Waals surface area contributed by atoms with Gasteiger partial charge in [0.2, 0.25) is 0 Å². The first-order valence-electron chi connectivity index (χ1n) is 6.18. The number of carbonyl (C=O) groups excluding carboxylic acids is 1. The molecule has 1 unspecified atom stereocenters. The smallest absolute Gasteiger partial charge is 0.338 e. The van der Waals surface area contributed by atoms with E-state index in [2.05, 4.69) is 20.4 Å². The van der Waals surface area contributed by atoms with Gasteiger partial charge in [0.15, 0.2) is 0 Å². The van der Waals surface area contributed by atoms with Crippen LogP contribution in [0.3, 0.4) is 0 Å². The van der Waals surface area contributed by atoms with Crippen LogP contribution in [0.15, 0.2) is 37.1 Å². The average molecular weight is 248 g/mol. The summed E-state index contributed by atoms with van der Waals surface area (Å²) in [4.78, 5) is 11.7. The van der Waals surface area contributed by atoms with E-state index in [0.29, 0.717) is 18.1 Å². The van der Waals surface area contributed by atoms with Crippen molar-refractivity contribution in [3.05, 3.63) is 48.2 Å². The van der Waals surface area contributed by atoms with Crippen LogP contribution >= 0.6 is 0 Å². The molecule has 0 bridgehead atoms. The Morgan fingerprint density at radius 3 is 2.56 bits per heavy atom. The Morgan fingerprint density at radius 2 is 2.00 bits per heavy atom. The summed E-state index contributed by atoms with van der Waals surface area (Å²) in [5.41, 5.74) is 1.81. The fraction of sp³-hybridized carbons (Fsp3) is 0.400. The molecule has 0 saturated heterocycles. The van der Waals surface area contributed by atoms with Gasteiger partial charge in [0.25, 0.3) is 0 Å². The number of esters is 1. The van der Waals surface area contributed by atoms with Gasteiger partial charge in [-0.3, -0.25) is 0 Å². The first-order valence-corrected chi connectivity index (χ1v) is 6.18. The minimum Gasteiger partial charge on any atom is -0.498 e. The molecule has 1 rings (SSSR count). The summed E-state index contributed by atoms with van der Waals surface area (Å²) >= 11 is 0. The van der Waals surface area contributed by atoms with Gasteiger partial charge in [0, 0.05) is 0 Å². The van der Waals surface area contributed by atoms with Gasteiger partial charge in [-0.1, -0.05) is 32.6 Å². The SMILES string of the molecule is C=COCCOC(=O)c1ccc(C(C)CC)cc1. The lowest BCUT2D eigenvalue weighted by atomic mass is 9.98. The monoisotopic (exact) mass is 248 g/mol. The third-order valence-corrected chi connectivity index (χ3v) is 2.88. The molecule has 0 amide bonds. The summed E-state index contributed by atoms with van der Waals surface area (Å²) in [6, 6.07) is 7.56. The van der Waals surface area contributed by atoms with Crippen LogP contribution < -0.4 is 0 Å². The summed E-state index contributed by atoms with van der Waals surface area (Å²) < 4.78 is 9.92. The number of hydrogen-bond donors (Lipinski definition) is 0. The molecular weight excluding hydrogens is 228 g/mol. The predicted octanol–water partition coefficient (Wildman–Crippen LogP) is 3.52. The molecule has 0 radical (unpaired) electrons. The minimum absolute atomic E-state index is 0.234. The summed E-state index contributed by atoms with van der Waals surface area (Å²) in [7, 11) is 0. The summed E-state index contributed by atoms with van der Waals surface area (Å²) in [6.07, 6.45) is 2.41. The fourth-order valence-electron chi connectivity index (χ4n) is 1.53. The normalized spacial score (nSPS) is 11.7. The van der Waals surface area contributed by atoms with E-state index in [-0.39, 0.29) is 12.6 Å². The van der Waals surface area contributed by atoms with Crippen molar-refractivity contribution < 1.29 is 14.3 Å². The van der Waals surface area contributed by atoms with E-state index in [0.717, 1.165) is 6.42 Å². The van der Waals surface area contributed by atoms with Crippen molar-refractivity contribution in [3.8, 4) is 0 Å². The highest BCUT2D eigenvalue weighted by atomic mass is 16.6. The maximum atomic E-state index is 11.7. The maximum absolute atomic E-state index is 11.7. The van der Waals surface area contributed by atoms with E-state index in [4.69, 9.17) is 9.47 Å². The quantitative estimate of drug-likeness (QED) is 0.421. The molecule has 0 saturated carbocycles. The predicted molar refractivity (Wildman–Crippen MR) is 71.6 cm³/mol. The Morgan fingerprint density at radius 1 is 1.33 bits per heavy atom. The van der Waals surface area contributed by atoms with Gasteiger partial charge in [-0.05, 0) is 30.0 Å². The van der Waals surface area contributed by atoms with Crippen molar-refractivity contribution in [1.82, 2.24) is 0 Å². The molecule has 1 atom stereocenters. The van der Waals surface area contributed by atoms with Gasteiger partial charge >= 0.3 is 5.97 Å². The first kappa shape index (κ1) is 14.3.